The molecule has 0 aliphatic rings. The molecule has 1 heterocycles. The van der Waals surface area contributed by atoms with Gasteiger partial charge in [0, 0.05) is 12.1 Å². The zero-order chi connectivity index (χ0) is 13.3. The smallest absolute Gasteiger partial charge is 0.258 e. The molecule has 0 N–H and O–H groups in total. The van der Waals surface area contributed by atoms with Crippen LogP contribution in [0.25, 0.3) is 0 Å². The minimum Gasteiger partial charge on any atom is -0.258 e. The van der Waals surface area contributed by atoms with Gasteiger partial charge >= 0.3 is 0 Å². The van der Waals surface area contributed by atoms with Crippen LogP contribution >= 0.6 is 55.5 Å². The molecule has 1 aromatic heterocycles. The lowest BCUT2D eigenvalue weighted by atomic mass is 10.3. The molecule has 94 valence electrons. The molecule has 0 fully saturated rings. The first-order chi connectivity index (χ1) is 8.49. The van der Waals surface area contributed by atoms with Crippen LogP contribution in [0.1, 0.15) is 0 Å². The summed E-state index contributed by atoms with van der Waals surface area (Å²) < 4.78 is 0.913. The van der Waals surface area contributed by atoms with Crippen molar-refractivity contribution in [3.8, 4) is 0 Å². The summed E-state index contributed by atoms with van der Waals surface area (Å²) in [6.45, 7) is 0. The van der Waals surface area contributed by atoms with Crippen molar-refractivity contribution in [2.45, 2.75) is 0 Å². The molecular formula is C9H3Cl3N2O2S2. The molecule has 0 atom stereocenters. The van der Waals surface area contributed by atoms with Gasteiger partial charge in [-0.15, -0.1) is 0 Å². The van der Waals surface area contributed by atoms with E-state index in [0.717, 1.165) is 0 Å². The van der Waals surface area contributed by atoms with Gasteiger partial charge in [-0.3, -0.25) is 10.1 Å². The Balaban J connectivity index is 2.58. The normalized spacial score (nSPS) is 11.8. The van der Waals surface area contributed by atoms with E-state index in [1.165, 1.54) is 38.9 Å². The molecule has 0 saturated heterocycles. The monoisotopic (exact) mass is 340 g/mol. The summed E-state index contributed by atoms with van der Waals surface area (Å²) in [5.41, 5.74) is 0.207. The van der Waals surface area contributed by atoms with Gasteiger partial charge in [-0.1, -0.05) is 55.5 Å². The average molecular weight is 342 g/mol. The first-order valence-electron chi connectivity index (χ1n) is 4.42. The van der Waals surface area contributed by atoms with E-state index in [9.17, 15) is 10.1 Å². The Labute approximate surface area is 124 Å². The number of hydrogen-bond acceptors (Lipinski definition) is 5. The highest BCUT2D eigenvalue weighted by Crippen LogP contribution is 2.31. The molecular weight excluding hydrogens is 339 g/mol. The van der Waals surface area contributed by atoms with E-state index >= 15 is 0 Å². The lowest BCUT2D eigenvalue weighted by Gasteiger charge is -1.97. The molecule has 0 bridgehead atoms. The van der Waals surface area contributed by atoms with Crippen molar-refractivity contribution < 1.29 is 4.92 Å². The lowest BCUT2D eigenvalue weighted by Crippen LogP contribution is -1.93. The van der Waals surface area contributed by atoms with Gasteiger partial charge in [0.15, 0.2) is 0 Å². The van der Waals surface area contributed by atoms with Crippen molar-refractivity contribution in [2.75, 3.05) is 0 Å². The highest BCUT2D eigenvalue weighted by Gasteiger charge is 2.10. The lowest BCUT2D eigenvalue weighted by molar-refractivity contribution is -0.384. The van der Waals surface area contributed by atoms with Crippen molar-refractivity contribution in [3.63, 3.8) is 0 Å². The first-order valence-corrected chi connectivity index (χ1v) is 7.70. The molecule has 0 saturated carbocycles. The molecule has 2 rings (SSSR count). The number of benzene rings is 1. The van der Waals surface area contributed by atoms with E-state index in [0.29, 0.717) is 24.7 Å². The maximum absolute atomic E-state index is 10.7. The number of rotatable bonds is 2. The van der Waals surface area contributed by atoms with Crippen LogP contribution in [-0.4, -0.2) is 4.92 Å². The first kappa shape index (κ1) is 13.8. The zero-order valence-corrected chi connectivity index (χ0v) is 12.3. The van der Waals surface area contributed by atoms with Crippen LogP contribution in [0.3, 0.4) is 0 Å². The second-order valence-corrected chi connectivity index (χ2v) is 6.58. The SMILES string of the molecule is O=[N+]([O-])c1ccc(Cl)c(N=c2ssc(Cl)c2Cl)c1. The molecule has 0 aliphatic carbocycles. The molecule has 18 heavy (non-hydrogen) atoms. The quantitative estimate of drug-likeness (QED) is 0.442. The topological polar surface area (TPSA) is 55.5 Å². The Bertz CT molecular complexity index is 681. The maximum atomic E-state index is 10.7. The van der Waals surface area contributed by atoms with Crippen LogP contribution in [0.15, 0.2) is 23.2 Å². The molecule has 0 amide bonds. The largest absolute Gasteiger partial charge is 0.271 e. The standard InChI is InChI=1S/C9H3Cl3N2O2S2/c10-5-2-1-4(14(15)16)3-6(5)13-9-7(11)8(12)17-18-9/h1-3H. The van der Waals surface area contributed by atoms with Crippen molar-refractivity contribution in [1.82, 2.24) is 0 Å². The fourth-order valence-corrected chi connectivity index (χ4v) is 4.01. The van der Waals surface area contributed by atoms with Crippen LogP contribution < -0.4 is 4.67 Å². The summed E-state index contributed by atoms with van der Waals surface area (Å²) in [5, 5.41) is 11.3. The summed E-state index contributed by atoms with van der Waals surface area (Å²) >= 11 is 17.7. The summed E-state index contributed by atoms with van der Waals surface area (Å²) in [7, 11) is 2.55. The molecule has 2 aromatic rings. The third kappa shape index (κ3) is 2.84. The minimum atomic E-state index is -0.513. The van der Waals surface area contributed by atoms with E-state index in [4.69, 9.17) is 34.8 Å². The third-order valence-electron chi connectivity index (χ3n) is 1.92. The van der Waals surface area contributed by atoms with E-state index in [1.807, 2.05) is 0 Å². The highest BCUT2D eigenvalue weighted by molar-refractivity contribution is 7.69. The van der Waals surface area contributed by atoms with Crippen molar-refractivity contribution in [2.24, 2.45) is 4.99 Å². The third-order valence-corrected chi connectivity index (χ3v) is 5.73. The Morgan fingerprint density at radius 2 is 1.94 bits per heavy atom. The number of nitro groups is 1. The molecule has 1 aromatic carbocycles. The second-order valence-electron chi connectivity index (χ2n) is 3.06. The number of halogens is 3. The molecule has 9 heteroatoms. The summed E-state index contributed by atoms with van der Waals surface area (Å²) in [4.78, 5) is 14.3. The van der Waals surface area contributed by atoms with Gasteiger partial charge in [-0.05, 0) is 6.07 Å². The van der Waals surface area contributed by atoms with Crippen molar-refractivity contribution in [3.05, 3.63) is 47.4 Å². The highest BCUT2D eigenvalue weighted by atomic mass is 35.5. The van der Waals surface area contributed by atoms with Gasteiger partial charge in [0.05, 0.1) is 15.6 Å². The average Bonchev–Trinajstić information content (AvgIpc) is 2.63. The van der Waals surface area contributed by atoms with Gasteiger partial charge in [0.25, 0.3) is 5.69 Å². The predicted molar refractivity (Wildman–Crippen MR) is 75.5 cm³/mol. The van der Waals surface area contributed by atoms with Gasteiger partial charge in [0.1, 0.15) is 14.0 Å². The number of nitrogens with zero attached hydrogens (tertiary/aromatic N) is 2. The Kier molecular flexibility index (Phi) is 4.24. The number of non-ortho nitro benzene ring substituents is 1. The predicted octanol–water partition coefficient (Wildman–Crippen LogP) is 4.91. The minimum absolute atomic E-state index is 0.0828. The van der Waals surface area contributed by atoms with Crippen molar-refractivity contribution >= 4 is 66.9 Å². The van der Waals surface area contributed by atoms with Crippen LogP contribution in [0.4, 0.5) is 11.4 Å². The number of nitro benzene ring substituents is 1. The Morgan fingerprint density at radius 3 is 2.50 bits per heavy atom. The fraction of sp³-hybridized carbons (Fsp3) is 0. The zero-order valence-electron chi connectivity index (χ0n) is 8.39. The van der Waals surface area contributed by atoms with Gasteiger partial charge in [0.2, 0.25) is 0 Å². The van der Waals surface area contributed by atoms with E-state index in [1.54, 1.807) is 0 Å². The van der Waals surface area contributed by atoms with Gasteiger partial charge in [-0.25, -0.2) is 4.99 Å². The van der Waals surface area contributed by atoms with E-state index in [2.05, 4.69) is 4.99 Å². The summed E-state index contributed by atoms with van der Waals surface area (Å²) in [6.07, 6.45) is 0. The van der Waals surface area contributed by atoms with Crippen LogP contribution in [-0.2, 0) is 0 Å². The van der Waals surface area contributed by atoms with E-state index < -0.39 is 4.92 Å². The van der Waals surface area contributed by atoms with Gasteiger partial charge < -0.3 is 0 Å². The van der Waals surface area contributed by atoms with E-state index in [-0.39, 0.29) is 5.69 Å². The van der Waals surface area contributed by atoms with Gasteiger partial charge in [-0.2, -0.15) is 0 Å². The summed E-state index contributed by atoms with van der Waals surface area (Å²) in [6, 6.07) is 4.02. The number of hydrogen-bond donors (Lipinski definition) is 0. The maximum Gasteiger partial charge on any atom is 0.271 e. The van der Waals surface area contributed by atoms with Crippen LogP contribution in [0.5, 0.6) is 0 Å². The summed E-state index contributed by atoms with van der Waals surface area (Å²) in [5.74, 6) is 0. The molecule has 0 aliphatic heterocycles. The fourth-order valence-electron chi connectivity index (χ4n) is 1.11. The Hall–Kier alpha value is -0.660. The second kappa shape index (κ2) is 5.54. The molecule has 0 radical (unpaired) electrons. The van der Waals surface area contributed by atoms with Crippen LogP contribution in [0, 0.1) is 10.1 Å². The molecule has 0 spiro atoms. The molecule has 4 nitrogen and oxygen atoms in total. The molecule has 0 unspecified atom stereocenters. The Morgan fingerprint density at radius 1 is 1.22 bits per heavy atom. The van der Waals surface area contributed by atoms with Crippen molar-refractivity contribution in [1.29, 1.82) is 0 Å². The van der Waals surface area contributed by atoms with Crippen LogP contribution in [0.2, 0.25) is 14.4 Å².